The van der Waals surface area contributed by atoms with Crippen LogP contribution in [0.3, 0.4) is 0 Å². The SMILES string of the molecule is C[C@]12CC[C@@H](NC(=O)CCCC[C@@H]3SCC4NC(=O)NC43)C[C@H]1CC[C@@H]1[C@@H]2CC[C@]2(C)[C@@H](C3=CC(=O)OC3)CC[C@]12O. The van der Waals surface area contributed by atoms with Crippen LogP contribution < -0.4 is 16.0 Å². The molecule has 0 spiro atoms. The number of hydrogen-bond acceptors (Lipinski definition) is 6. The topological polar surface area (TPSA) is 117 Å². The number of urea groups is 1. The monoisotopic (exact) mass is 599 g/mol. The number of esters is 1. The maximum absolute atomic E-state index is 12.9. The summed E-state index contributed by atoms with van der Waals surface area (Å²) in [5.41, 5.74) is 0.442. The van der Waals surface area contributed by atoms with Crippen molar-refractivity contribution in [3.05, 3.63) is 11.6 Å². The lowest BCUT2D eigenvalue weighted by Crippen LogP contribution is -2.62. The lowest BCUT2D eigenvalue weighted by Gasteiger charge is -2.64. The Balaban J connectivity index is 0.912. The molecule has 8 nitrogen and oxygen atoms in total. The predicted molar refractivity (Wildman–Crippen MR) is 162 cm³/mol. The smallest absolute Gasteiger partial charge is 0.331 e. The number of nitrogens with one attached hydrogen (secondary N) is 3. The number of rotatable bonds is 7. The lowest BCUT2D eigenvalue weighted by atomic mass is 9.43. The van der Waals surface area contributed by atoms with Crippen molar-refractivity contribution in [1.29, 1.82) is 0 Å². The van der Waals surface area contributed by atoms with Gasteiger partial charge in [-0.3, -0.25) is 4.79 Å². The van der Waals surface area contributed by atoms with E-state index in [1.54, 1.807) is 6.08 Å². The highest BCUT2D eigenvalue weighted by Crippen LogP contribution is 2.69. The van der Waals surface area contributed by atoms with Crippen LogP contribution in [0.5, 0.6) is 0 Å². The van der Waals surface area contributed by atoms with Crippen molar-refractivity contribution in [3.63, 3.8) is 0 Å². The fraction of sp³-hybridized carbons (Fsp3) is 0.848. The lowest BCUT2D eigenvalue weighted by molar-refractivity contribution is -0.205. The van der Waals surface area contributed by atoms with E-state index in [-0.39, 0.29) is 52.8 Å². The number of thioether (sulfide) groups is 1. The minimum absolute atomic E-state index is 0.0387. The first-order chi connectivity index (χ1) is 20.1. The minimum Gasteiger partial charge on any atom is -0.458 e. The number of carbonyl (C=O) groups excluding carboxylic acids is 3. The Bertz CT molecular complexity index is 1160. The Morgan fingerprint density at radius 2 is 1.93 bits per heavy atom. The predicted octanol–water partition coefficient (Wildman–Crippen LogP) is 4.45. The van der Waals surface area contributed by atoms with Crippen molar-refractivity contribution < 1.29 is 24.2 Å². The van der Waals surface area contributed by atoms with Gasteiger partial charge in [0.1, 0.15) is 6.61 Å². The summed E-state index contributed by atoms with van der Waals surface area (Å²) in [6.07, 6.45) is 14.6. The van der Waals surface area contributed by atoms with E-state index in [0.717, 1.165) is 88.4 Å². The average molecular weight is 600 g/mol. The normalized spacial score (nSPS) is 47.4. The van der Waals surface area contributed by atoms with Crippen molar-refractivity contribution in [2.24, 2.45) is 34.5 Å². The van der Waals surface area contributed by atoms with E-state index >= 15 is 0 Å². The third-order valence-electron chi connectivity index (χ3n) is 13.4. The molecule has 2 unspecified atom stereocenters. The quantitative estimate of drug-likeness (QED) is 0.195. The molecule has 4 N–H and O–H groups in total. The highest BCUT2D eigenvalue weighted by Gasteiger charge is 2.67. The van der Waals surface area contributed by atoms with Gasteiger partial charge in [0.05, 0.1) is 17.7 Å². The zero-order valence-electron chi connectivity index (χ0n) is 25.3. The molecule has 7 rings (SSSR count). The first-order valence-corrected chi connectivity index (χ1v) is 17.7. The molecule has 3 heterocycles. The first-order valence-electron chi connectivity index (χ1n) is 16.7. The molecule has 42 heavy (non-hydrogen) atoms. The van der Waals surface area contributed by atoms with Crippen LogP contribution in [-0.2, 0) is 14.3 Å². The molecular formula is C33H49N3O5S. The standard InChI is InChI=1S/C33H49N3O5S/c1-31-12-9-21(34-27(37)6-4-3-5-26-29-25(18-42-26)35-30(39)36-29)16-20(31)7-8-24-23(31)10-13-32(2)22(11-14-33(24,32)40)19-15-28(38)41-17-19/h15,20-26,29,40H,3-14,16-18H2,1-2H3,(H,34,37)(H2,35,36,39)/t20-,21-,22-,23+,24-,25?,26+,29?,31+,32-,33+/m1/s1. The summed E-state index contributed by atoms with van der Waals surface area (Å²) in [7, 11) is 0. The number of ether oxygens (including phenoxy) is 1. The van der Waals surface area contributed by atoms with Crippen LogP contribution in [0.4, 0.5) is 4.79 Å². The molecule has 0 aromatic rings. The van der Waals surface area contributed by atoms with E-state index in [2.05, 4.69) is 29.8 Å². The van der Waals surface area contributed by atoms with Crippen LogP contribution >= 0.6 is 11.8 Å². The summed E-state index contributed by atoms with van der Waals surface area (Å²) in [6, 6.07) is 0.721. The molecule has 2 saturated heterocycles. The molecule has 3 aliphatic heterocycles. The molecule has 6 fully saturated rings. The van der Waals surface area contributed by atoms with Crippen molar-refractivity contribution in [3.8, 4) is 0 Å². The van der Waals surface area contributed by atoms with Gasteiger partial charge in [-0.1, -0.05) is 20.3 Å². The van der Waals surface area contributed by atoms with Crippen LogP contribution in [0, 0.1) is 34.5 Å². The van der Waals surface area contributed by atoms with Gasteiger partial charge in [0.15, 0.2) is 0 Å². The molecule has 0 bridgehead atoms. The molecule has 0 aromatic carbocycles. The number of aliphatic hydroxyl groups is 1. The van der Waals surface area contributed by atoms with Gasteiger partial charge in [0.25, 0.3) is 0 Å². The second-order valence-corrected chi connectivity index (χ2v) is 16.5. The molecule has 11 atom stereocenters. The van der Waals surface area contributed by atoms with Gasteiger partial charge in [-0.05, 0) is 105 Å². The Labute approximate surface area is 254 Å². The number of carbonyl (C=O) groups is 3. The molecular weight excluding hydrogens is 550 g/mol. The molecule has 0 radical (unpaired) electrons. The fourth-order valence-electron chi connectivity index (χ4n) is 11.1. The van der Waals surface area contributed by atoms with Crippen LogP contribution in [-0.4, -0.2) is 64.4 Å². The number of hydrogen-bond donors (Lipinski definition) is 4. The van der Waals surface area contributed by atoms with E-state index in [0.29, 0.717) is 36.0 Å². The van der Waals surface area contributed by atoms with Gasteiger partial charge >= 0.3 is 12.0 Å². The summed E-state index contributed by atoms with van der Waals surface area (Å²) < 4.78 is 5.27. The third-order valence-corrected chi connectivity index (χ3v) is 14.9. The summed E-state index contributed by atoms with van der Waals surface area (Å²) in [4.78, 5) is 36.4. The average Bonchev–Trinajstić information content (AvgIpc) is 3.70. The van der Waals surface area contributed by atoms with Crippen molar-refractivity contribution in [2.75, 3.05) is 12.4 Å². The van der Waals surface area contributed by atoms with E-state index < -0.39 is 5.60 Å². The highest BCUT2D eigenvalue weighted by atomic mass is 32.2. The molecule has 4 aliphatic carbocycles. The molecule has 3 amide bonds. The Morgan fingerprint density at radius 3 is 2.74 bits per heavy atom. The number of unbranched alkanes of at least 4 members (excludes halogenated alkanes) is 1. The van der Waals surface area contributed by atoms with Gasteiger partial charge in [-0.15, -0.1) is 0 Å². The van der Waals surface area contributed by atoms with Crippen molar-refractivity contribution in [2.45, 2.75) is 126 Å². The fourth-order valence-corrected chi connectivity index (χ4v) is 12.7. The van der Waals surface area contributed by atoms with E-state index in [1.807, 2.05) is 11.8 Å². The maximum Gasteiger partial charge on any atom is 0.331 e. The Hall–Kier alpha value is -1.74. The maximum atomic E-state index is 12.9. The van der Waals surface area contributed by atoms with Crippen LogP contribution in [0.15, 0.2) is 11.6 Å². The van der Waals surface area contributed by atoms with E-state index in [1.165, 1.54) is 0 Å². The van der Waals surface area contributed by atoms with E-state index in [4.69, 9.17) is 4.74 Å². The van der Waals surface area contributed by atoms with E-state index in [9.17, 15) is 19.5 Å². The second-order valence-electron chi connectivity index (χ2n) is 15.2. The largest absolute Gasteiger partial charge is 0.458 e. The van der Waals surface area contributed by atoms with Gasteiger partial charge in [-0.25, -0.2) is 9.59 Å². The van der Waals surface area contributed by atoms with Crippen LogP contribution in [0.2, 0.25) is 0 Å². The van der Waals surface area contributed by atoms with Crippen molar-refractivity contribution in [1.82, 2.24) is 16.0 Å². The van der Waals surface area contributed by atoms with Crippen LogP contribution in [0.25, 0.3) is 0 Å². The molecule has 7 aliphatic rings. The Morgan fingerprint density at radius 1 is 1.07 bits per heavy atom. The number of fused-ring (bicyclic) bond motifs is 6. The zero-order chi connectivity index (χ0) is 29.3. The number of amides is 3. The summed E-state index contributed by atoms with van der Waals surface area (Å²) in [5, 5.41) is 22.3. The van der Waals surface area contributed by atoms with Gasteiger partial charge in [0, 0.05) is 35.0 Å². The van der Waals surface area contributed by atoms with Crippen LogP contribution in [0.1, 0.15) is 97.3 Å². The zero-order valence-corrected chi connectivity index (χ0v) is 26.1. The van der Waals surface area contributed by atoms with Gasteiger partial charge in [-0.2, -0.15) is 11.8 Å². The molecule has 9 heteroatoms. The van der Waals surface area contributed by atoms with Gasteiger partial charge in [0.2, 0.25) is 5.91 Å². The highest BCUT2D eigenvalue weighted by molar-refractivity contribution is 8.00. The first kappa shape index (κ1) is 29.0. The summed E-state index contributed by atoms with van der Waals surface area (Å²) in [6.45, 7) is 5.18. The summed E-state index contributed by atoms with van der Waals surface area (Å²) >= 11 is 1.94. The number of cyclic esters (lactones) is 1. The van der Waals surface area contributed by atoms with Crippen molar-refractivity contribution >= 4 is 29.7 Å². The minimum atomic E-state index is -0.677. The molecule has 0 aromatic heterocycles. The second kappa shape index (κ2) is 10.7. The Kier molecular flexibility index (Phi) is 7.39. The summed E-state index contributed by atoms with van der Waals surface area (Å²) in [5.74, 6) is 2.60. The van der Waals surface area contributed by atoms with Gasteiger partial charge < -0.3 is 25.8 Å². The third kappa shape index (κ3) is 4.62. The molecule has 232 valence electrons. The molecule has 4 saturated carbocycles.